The third-order valence-electron chi connectivity index (χ3n) is 1.56. The minimum Gasteiger partial charge on any atom is -0.122 e. The zero-order valence-corrected chi connectivity index (χ0v) is 9.67. The highest BCUT2D eigenvalue weighted by Gasteiger charge is 2.02. The van der Waals surface area contributed by atoms with Crippen LogP contribution in [0.1, 0.15) is 11.1 Å². The lowest BCUT2D eigenvalue weighted by Crippen LogP contribution is -1.88. The third kappa shape index (κ3) is 2.23. The Bertz CT molecular complexity index is 271. The zero-order valence-electron chi connectivity index (χ0n) is 6.00. The second-order valence-electron chi connectivity index (χ2n) is 2.31. The molecule has 0 unspecified atom stereocenters. The van der Waals surface area contributed by atoms with Crippen molar-refractivity contribution in [2.75, 3.05) is 0 Å². The molecule has 0 radical (unpaired) electrons. The minimum atomic E-state index is 0.530. The molecule has 0 saturated carbocycles. The van der Waals surface area contributed by atoms with Gasteiger partial charge in [0.15, 0.2) is 0 Å². The molecule has 0 aromatic heterocycles. The van der Waals surface area contributed by atoms with Crippen molar-refractivity contribution in [2.24, 2.45) is 0 Å². The van der Waals surface area contributed by atoms with Gasteiger partial charge in [0.05, 0.1) is 0 Å². The van der Waals surface area contributed by atoms with Crippen molar-refractivity contribution in [1.29, 1.82) is 0 Å². The summed E-state index contributed by atoms with van der Waals surface area (Å²) in [4.78, 5) is 0. The lowest BCUT2D eigenvalue weighted by atomic mass is 10.1. The van der Waals surface area contributed by atoms with Gasteiger partial charge in [-0.1, -0.05) is 11.6 Å². The Morgan fingerprint density at radius 2 is 2.09 bits per heavy atom. The summed E-state index contributed by atoms with van der Waals surface area (Å²) in [5.74, 6) is 0.530. The van der Waals surface area contributed by atoms with Crippen molar-refractivity contribution < 1.29 is 0 Å². The van der Waals surface area contributed by atoms with Gasteiger partial charge in [0.1, 0.15) is 0 Å². The average Bonchev–Trinajstić information content (AvgIpc) is 1.96. The van der Waals surface area contributed by atoms with Crippen LogP contribution in [0.15, 0.2) is 12.1 Å². The van der Waals surface area contributed by atoms with Crippen LogP contribution in [0.3, 0.4) is 0 Å². The Morgan fingerprint density at radius 3 is 2.64 bits per heavy atom. The molecule has 0 spiro atoms. The van der Waals surface area contributed by atoms with E-state index in [0.29, 0.717) is 5.88 Å². The summed E-state index contributed by atoms with van der Waals surface area (Å²) in [6.07, 6.45) is 0. The van der Waals surface area contributed by atoms with E-state index in [1.807, 2.05) is 12.1 Å². The Morgan fingerprint density at radius 1 is 1.45 bits per heavy atom. The van der Waals surface area contributed by atoms with Gasteiger partial charge >= 0.3 is 0 Å². The van der Waals surface area contributed by atoms with Crippen molar-refractivity contribution in [1.82, 2.24) is 0 Å². The monoisotopic (exact) mass is 300 g/mol. The van der Waals surface area contributed by atoms with Crippen LogP contribution in [-0.4, -0.2) is 0 Å². The number of halogens is 3. The Labute approximate surface area is 90.0 Å². The highest BCUT2D eigenvalue weighted by molar-refractivity contribution is 14.1. The van der Waals surface area contributed by atoms with Crippen LogP contribution in [-0.2, 0) is 5.88 Å². The SMILES string of the molecule is Cc1c(I)cc(Cl)cc1CCl. The average molecular weight is 301 g/mol. The van der Waals surface area contributed by atoms with Gasteiger partial charge in [-0.05, 0) is 52.8 Å². The fraction of sp³-hybridized carbons (Fsp3) is 0.250. The van der Waals surface area contributed by atoms with Crippen LogP contribution in [0.4, 0.5) is 0 Å². The predicted octanol–water partition coefficient (Wildman–Crippen LogP) is 3.99. The fourth-order valence-corrected chi connectivity index (χ4v) is 2.22. The first-order valence-electron chi connectivity index (χ1n) is 3.15. The first-order chi connectivity index (χ1) is 5.15. The van der Waals surface area contributed by atoms with E-state index in [9.17, 15) is 0 Å². The van der Waals surface area contributed by atoms with Crippen molar-refractivity contribution >= 4 is 45.8 Å². The van der Waals surface area contributed by atoms with Crippen molar-refractivity contribution in [2.45, 2.75) is 12.8 Å². The zero-order chi connectivity index (χ0) is 8.43. The molecule has 1 aromatic rings. The van der Waals surface area contributed by atoms with E-state index in [1.54, 1.807) is 0 Å². The van der Waals surface area contributed by atoms with E-state index in [0.717, 1.165) is 10.6 Å². The molecule has 1 aromatic carbocycles. The maximum Gasteiger partial charge on any atom is 0.0477 e. The molecule has 0 N–H and O–H groups in total. The van der Waals surface area contributed by atoms with Gasteiger partial charge in [0.25, 0.3) is 0 Å². The van der Waals surface area contributed by atoms with Crippen LogP contribution < -0.4 is 0 Å². The van der Waals surface area contributed by atoms with Crippen LogP contribution in [0.2, 0.25) is 5.02 Å². The molecule has 11 heavy (non-hydrogen) atoms. The number of hydrogen-bond donors (Lipinski definition) is 0. The van der Waals surface area contributed by atoms with E-state index in [1.165, 1.54) is 9.13 Å². The molecule has 1 rings (SSSR count). The topological polar surface area (TPSA) is 0 Å². The van der Waals surface area contributed by atoms with E-state index < -0.39 is 0 Å². The quantitative estimate of drug-likeness (QED) is 0.543. The van der Waals surface area contributed by atoms with E-state index in [-0.39, 0.29) is 0 Å². The lowest BCUT2D eigenvalue weighted by Gasteiger charge is -2.04. The maximum absolute atomic E-state index is 5.84. The second kappa shape index (κ2) is 3.97. The summed E-state index contributed by atoms with van der Waals surface area (Å²) in [7, 11) is 0. The Kier molecular flexibility index (Phi) is 3.47. The van der Waals surface area contributed by atoms with Gasteiger partial charge in [0, 0.05) is 14.5 Å². The molecule has 0 saturated heterocycles. The van der Waals surface area contributed by atoms with E-state index in [2.05, 4.69) is 29.5 Å². The highest BCUT2D eigenvalue weighted by Crippen LogP contribution is 2.22. The van der Waals surface area contributed by atoms with Crippen molar-refractivity contribution in [3.8, 4) is 0 Å². The molecule has 0 nitrogen and oxygen atoms in total. The first kappa shape index (κ1) is 9.62. The van der Waals surface area contributed by atoms with Gasteiger partial charge in [-0.2, -0.15) is 0 Å². The highest BCUT2D eigenvalue weighted by atomic mass is 127. The van der Waals surface area contributed by atoms with Crippen molar-refractivity contribution in [3.05, 3.63) is 31.9 Å². The molecule has 0 amide bonds. The normalized spacial score (nSPS) is 10.2. The fourth-order valence-electron chi connectivity index (χ4n) is 0.838. The molecule has 3 heteroatoms. The molecular formula is C8H7Cl2I. The van der Waals surface area contributed by atoms with Gasteiger partial charge in [0.2, 0.25) is 0 Å². The lowest BCUT2D eigenvalue weighted by molar-refractivity contribution is 1.28. The molecular weight excluding hydrogens is 294 g/mol. The minimum absolute atomic E-state index is 0.530. The van der Waals surface area contributed by atoms with Crippen LogP contribution in [0, 0.1) is 10.5 Å². The number of alkyl halides is 1. The van der Waals surface area contributed by atoms with Gasteiger partial charge < -0.3 is 0 Å². The predicted molar refractivity (Wildman–Crippen MR) is 58.5 cm³/mol. The van der Waals surface area contributed by atoms with E-state index in [4.69, 9.17) is 23.2 Å². The summed E-state index contributed by atoms with van der Waals surface area (Å²) < 4.78 is 1.17. The standard InChI is InChI=1S/C8H7Cl2I/c1-5-6(4-9)2-7(10)3-8(5)11/h2-3H,4H2,1H3. The Hall–Kier alpha value is 0.530. The van der Waals surface area contributed by atoms with Crippen molar-refractivity contribution in [3.63, 3.8) is 0 Å². The summed E-state index contributed by atoms with van der Waals surface area (Å²) >= 11 is 13.8. The summed E-state index contributed by atoms with van der Waals surface area (Å²) in [5, 5.41) is 0.760. The maximum atomic E-state index is 5.84. The van der Waals surface area contributed by atoms with Gasteiger partial charge in [-0.25, -0.2) is 0 Å². The molecule has 0 atom stereocenters. The molecule has 0 heterocycles. The molecule has 0 aliphatic rings. The van der Waals surface area contributed by atoms with E-state index >= 15 is 0 Å². The molecule has 60 valence electrons. The van der Waals surface area contributed by atoms with Gasteiger partial charge in [-0.3, -0.25) is 0 Å². The summed E-state index contributed by atoms with van der Waals surface area (Å²) in [6, 6.07) is 3.85. The van der Waals surface area contributed by atoms with Crippen LogP contribution in [0.5, 0.6) is 0 Å². The number of rotatable bonds is 1. The Balaban J connectivity index is 3.24. The summed E-state index contributed by atoms with van der Waals surface area (Å²) in [6.45, 7) is 2.05. The molecule has 0 fully saturated rings. The summed E-state index contributed by atoms with van der Waals surface area (Å²) in [5.41, 5.74) is 2.34. The van der Waals surface area contributed by atoms with Gasteiger partial charge in [-0.15, -0.1) is 11.6 Å². The largest absolute Gasteiger partial charge is 0.122 e. The smallest absolute Gasteiger partial charge is 0.0477 e. The molecule has 0 aliphatic carbocycles. The molecule has 0 aliphatic heterocycles. The second-order valence-corrected chi connectivity index (χ2v) is 4.17. The van der Waals surface area contributed by atoms with Crippen LogP contribution in [0.25, 0.3) is 0 Å². The number of benzene rings is 1. The number of hydrogen-bond acceptors (Lipinski definition) is 0. The first-order valence-corrected chi connectivity index (χ1v) is 5.14. The van der Waals surface area contributed by atoms with Crippen LogP contribution >= 0.6 is 45.8 Å². The third-order valence-corrected chi connectivity index (χ3v) is 3.19. The molecule has 0 bridgehead atoms.